The highest BCUT2D eigenvalue weighted by Crippen LogP contribution is 2.17. The van der Waals surface area contributed by atoms with E-state index in [1.807, 2.05) is 6.92 Å². The summed E-state index contributed by atoms with van der Waals surface area (Å²) in [5, 5.41) is 7.30. The van der Waals surface area contributed by atoms with E-state index in [0.29, 0.717) is 29.1 Å². The number of anilines is 1. The Labute approximate surface area is 129 Å². The van der Waals surface area contributed by atoms with Crippen LogP contribution in [0.3, 0.4) is 0 Å². The Bertz CT molecular complexity index is 521. The second-order valence-corrected chi connectivity index (χ2v) is 6.85. The van der Waals surface area contributed by atoms with Crippen molar-refractivity contribution in [2.45, 2.75) is 25.9 Å². The molecule has 0 saturated carbocycles. The summed E-state index contributed by atoms with van der Waals surface area (Å²) in [6.45, 7) is 2.83. The van der Waals surface area contributed by atoms with Crippen LogP contribution < -0.4 is 10.9 Å². The van der Waals surface area contributed by atoms with E-state index in [0.717, 1.165) is 6.42 Å². The molecule has 0 aromatic carbocycles. The van der Waals surface area contributed by atoms with E-state index >= 15 is 0 Å². The topological polar surface area (TPSA) is 73.2 Å². The van der Waals surface area contributed by atoms with Gasteiger partial charge >= 0.3 is 0 Å². The average molecular weight is 366 g/mol. The van der Waals surface area contributed by atoms with E-state index in [1.165, 1.54) is 4.68 Å². The number of ether oxygens (including phenoxy) is 1. The molecule has 0 spiro atoms. The molecule has 2 unspecified atom stereocenters. The van der Waals surface area contributed by atoms with Gasteiger partial charge in [-0.15, -0.1) is 0 Å². The molecule has 20 heavy (non-hydrogen) atoms. The molecule has 0 aliphatic rings. The van der Waals surface area contributed by atoms with Gasteiger partial charge in [0.15, 0.2) is 0 Å². The minimum absolute atomic E-state index is 0.117. The summed E-state index contributed by atoms with van der Waals surface area (Å²) < 4.78 is 17.8. The number of rotatable bonds is 8. The molecule has 1 aromatic heterocycles. The lowest BCUT2D eigenvalue weighted by molar-refractivity contribution is 0.181. The van der Waals surface area contributed by atoms with Gasteiger partial charge in [0, 0.05) is 36.0 Å². The molecule has 0 radical (unpaired) electrons. The summed E-state index contributed by atoms with van der Waals surface area (Å²) in [6, 6.07) is 0.117. The lowest BCUT2D eigenvalue weighted by Gasteiger charge is -2.16. The van der Waals surface area contributed by atoms with Crippen LogP contribution in [-0.4, -0.2) is 45.8 Å². The van der Waals surface area contributed by atoms with Crippen molar-refractivity contribution < 1.29 is 8.95 Å². The van der Waals surface area contributed by atoms with Crippen molar-refractivity contribution in [1.29, 1.82) is 0 Å². The van der Waals surface area contributed by atoms with Crippen molar-refractivity contribution in [3.8, 4) is 0 Å². The number of nitrogens with zero attached hydrogens (tertiary/aromatic N) is 2. The number of hydrogen-bond acceptors (Lipinski definition) is 5. The van der Waals surface area contributed by atoms with Crippen LogP contribution in [-0.2, 0) is 22.1 Å². The molecular weight excluding hydrogens is 346 g/mol. The SMILES string of the molecule is COCCn1ncc(NC(C)CCS(C)=O)c(Br)c1=O. The summed E-state index contributed by atoms with van der Waals surface area (Å²) in [5.41, 5.74) is 0.455. The van der Waals surface area contributed by atoms with E-state index in [-0.39, 0.29) is 11.6 Å². The molecule has 0 bridgehead atoms. The highest BCUT2D eigenvalue weighted by atomic mass is 79.9. The lowest BCUT2D eigenvalue weighted by Crippen LogP contribution is -2.27. The zero-order valence-electron chi connectivity index (χ0n) is 11.9. The van der Waals surface area contributed by atoms with Crippen molar-refractivity contribution >= 4 is 32.4 Å². The maximum absolute atomic E-state index is 12.1. The summed E-state index contributed by atoms with van der Waals surface area (Å²) in [4.78, 5) is 12.1. The predicted molar refractivity (Wildman–Crippen MR) is 84.7 cm³/mol. The third-order valence-corrected chi connectivity index (χ3v) is 4.31. The van der Waals surface area contributed by atoms with Gasteiger partial charge in [-0.3, -0.25) is 9.00 Å². The third kappa shape index (κ3) is 5.34. The first-order chi connectivity index (χ1) is 9.45. The Balaban J connectivity index is 2.74. The van der Waals surface area contributed by atoms with E-state index in [4.69, 9.17) is 4.74 Å². The van der Waals surface area contributed by atoms with Crippen molar-refractivity contribution in [3.63, 3.8) is 0 Å². The van der Waals surface area contributed by atoms with E-state index in [1.54, 1.807) is 19.6 Å². The van der Waals surface area contributed by atoms with Crippen molar-refractivity contribution in [2.75, 3.05) is 31.0 Å². The van der Waals surface area contributed by atoms with E-state index in [9.17, 15) is 9.00 Å². The number of hydrogen-bond donors (Lipinski definition) is 1. The summed E-state index contributed by atoms with van der Waals surface area (Å²) >= 11 is 3.29. The van der Waals surface area contributed by atoms with Gasteiger partial charge in [0.05, 0.1) is 25.0 Å². The Morgan fingerprint density at radius 3 is 2.90 bits per heavy atom. The van der Waals surface area contributed by atoms with Crippen LogP contribution in [0.2, 0.25) is 0 Å². The Morgan fingerprint density at radius 2 is 2.30 bits per heavy atom. The standard InChI is InChI=1S/C12H20BrN3O3S/c1-9(4-7-20(3)18)15-10-8-14-16(5-6-19-2)12(17)11(10)13/h8-9,15H,4-7H2,1-3H3. The van der Waals surface area contributed by atoms with Crippen LogP contribution in [0.5, 0.6) is 0 Å². The molecule has 1 heterocycles. The zero-order valence-corrected chi connectivity index (χ0v) is 14.3. The van der Waals surface area contributed by atoms with Crippen LogP contribution in [0.25, 0.3) is 0 Å². The number of aromatic nitrogens is 2. The normalized spacial score (nSPS) is 14.0. The van der Waals surface area contributed by atoms with Gasteiger partial charge in [-0.25, -0.2) is 4.68 Å². The fourth-order valence-electron chi connectivity index (χ4n) is 1.58. The summed E-state index contributed by atoms with van der Waals surface area (Å²) in [7, 11) is 0.770. The van der Waals surface area contributed by atoms with Gasteiger partial charge in [0.1, 0.15) is 4.47 Å². The van der Waals surface area contributed by atoms with E-state index < -0.39 is 10.8 Å². The smallest absolute Gasteiger partial charge is 0.283 e. The fraction of sp³-hybridized carbons (Fsp3) is 0.667. The predicted octanol–water partition coefficient (Wildman–Crippen LogP) is 1.22. The maximum Gasteiger partial charge on any atom is 0.283 e. The molecule has 114 valence electrons. The van der Waals surface area contributed by atoms with Gasteiger partial charge in [-0.1, -0.05) is 0 Å². The van der Waals surface area contributed by atoms with Crippen LogP contribution >= 0.6 is 15.9 Å². The lowest BCUT2D eigenvalue weighted by atomic mass is 10.2. The first-order valence-corrected chi connectivity index (χ1v) is 8.78. The minimum Gasteiger partial charge on any atom is -0.383 e. The molecule has 0 amide bonds. The van der Waals surface area contributed by atoms with Crippen molar-refractivity contribution in [2.24, 2.45) is 0 Å². The van der Waals surface area contributed by atoms with Gasteiger partial charge in [0.2, 0.25) is 0 Å². The molecule has 1 N–H and O–H groups in total. The Kier molecular flexibility index (Phi) is 7.39. The quantitative estimate of drug-likeness (QED) is 0.749. The molecule has 8 heteroatoms. The first kappa shape index (κ1) is 17.3. The second-order valence-electron chi connectivity index (χ2n) is 4.50. The molecule has 6 nitrogen and oxygen atoms in total. The minimum atomic E-state index is -0.808. The fourth-order valence-corrected chi connectivity index (χ4v) is 2.69. The van der Waals surface area contributed by atoms with E-state index in [2.05, 4.69) is 26.3 Å². The molecule has 0 aliphatic carbocycles. The summed E-state index contributed by atoms with van der Waals surface area (Å²) in [5.74, 6) is 0.629. The van der Waals surface area contributed by atoms with Crippen LogP contribution in [0.4, 0.5) is 5.69 Å². The molecule has 1 aromatic rings. The molecule has 1 rings (SSSR count). The monoisotopic (exact) mass is 365 g/mol. The zero-order chi connectivity index (χ0) is 15.1. The molecule has 2 atom stereocenters. The highest BCUT2D eigenvalue weighted by molar-refractivity contribution is 9.10. The average Bonchev–Trinajstić information content (AvgIpc) is 2.41. The third-order valence-electron chi connectivity index (χ3n) is 2.73. The molecule has 0 aliphatic heterocycles. The Morgan fingerprint density at radius 1 is 1.60 bits per heavy atom. The Hall–Kier alpha value is -0.730. The summed E-state index contributed by atoms with van der Waals surface area (Å²) in [6.07, 6.45) is 4.06. The van der Waals surface area contributed by atoms with Crippen molar-refractivity contribution in [1.82, 2.24) is 9.78 Å². The van der Waals surface area contributed by atoms with Crippen LogP contribution in [0, 0.1) is 0 Å². The maximum atomic E-state index is 12.1. The number of halogens is 1. The highest BCUT2D eigenvalue weighted by Gasteiger charge is 2.11. The van der Waals surface area contributed by atoms with Gasteiger partial charge < -0.3 is 10.1 Å². The largest absolute Gasteiger partial charge is 0.383 e. The van der Waals surface area contributed by atoms with Gasteiger partial charge in [0.25, 0.3) is 5.56 Å². The van der Waals surface area contributed by atoms with Crippen LogP contribution in [0.1, 0.15) is 13.3 Å². The molecular formula is C12H20BrN3O3S. The molecule has 0 fully saturated rings. The van der Waals surface area contributed by atoms with Gasteiger partial charge in [-0.2, -0.15) is 5.10 Å². The second kappa shape index (κ2) is 8.53. The first-order valence-electron chi connectivity index (χ1n) is 6.26. The van der Waals surface area contributed by atoms with Gasteiger partial charge in [-0.05, 0) is 29.3 Å². The number of methoxy groups -OCH3 is 1. The number of nitrogens with one attached hydrogen (secondary N) is 1. The van der Waals surface area contributed by atoms with Crippen molar-refractivity contribution in [3.05, 3.63) is 21.0 Å². The molecule has 0 saturated heterocycles. The van der Waals surface area contributed by atoms with Crippen LogP contribution in [0.15, 0.2) is 15.5 Å².